The van der Waals surface area contributed by atoms with E-state index < -0.39 is 17.7 Å². The number of hydrogen-bond donors (Lipinski definition) is 3. The molecule has 0 saturated carbocycles. The molecule has 0 radical (unpaired) electrons. The summed E-state index contributed by atoms with van der Waals surface area (Å²) in [6, 6.07) is 9.49. The molecule has 2 heterocycles. The molecule has 2 aromatic carbocycles. The van der Waals surface area contributed by atoms with Gasteiger partial charge in [-0.15, -0.1) is 0 Å². The van der Waals surface area contributed by atoms with Crippen LogP contribution in [0.5, 0.6) is 5.75 Å². The van der Waals surface area contributed by atoms with E-state index in [0.29, 0.717) is 30.0 Å². The van der Waals surface area contributed by atoms with E-state index in [9.17, 15) is 13.6 Å². The second-order valence-electron chi connectivity index (χ2n) is 7.76. The molecule has 0 unspecified atom stereocenters. The van der Waals surface area contributed by atoms with E-state index in [4.69, 9.17) is 4.74 Å². The van der Waals surface area contributed by atoms with Crippen LogP contribution >= 0.6 is 0 Å². The van der Waals surface area contributed by atoms with Crippen LogP contribution in [-0.4, -0.2) is 35.5 Å². The normalized spacial score (nSPS) is 14.2. The summed E-state index contributed by atoms with van der Waals surface area (Å²) in [5, 5.41) is 12.6. The largest absolute Gasteiger partial charge is 0.493 e. The molecule has 9 heteroatoms. The number of urea groups is 1. The van der Waals surface area contributed by atoms with Crippen LogP contribution in [0, 0.1) is 17.6 Å². The van der Waals surface area contributed by atoms with Crippen LogP contribution in [0.25, 0.3) is 11.3 Å². The van der Waals surface area contributed by atoms with Gasteiger partial charge < -0.3 is 20.7 Å². The fourth-order valence-electron chi connectivity index (χ4n) is 3.70. The average Bonchev–Trinajstić information content (AvgIpc) is 3.21. The Morgan fingerprint density at radius 3 is 2.69 bits per heavy atom. The first-order valence-corrected chi connectivity index (χ1v) is 10.5. The van der Waals surface area contributed by atoms with Gasteiger partial charge in [-0.2, -0.15) is 5.10 Å². The highest BCUT2D eigenvalue weighted by Crippen LogP contribution is 2.33. The molecule has 1 fully saturated rings. The lowest BCUT2D eigenvalue weighted by molar-refractivity contribution is 0.216. The minimum atomic E-state index is -0.850. The van der Waals surface area contributed by atoms with Gasteiger partial charge in [-0.05, 0) is 68.2 Å². The van der Waals surface area contributed by atoms with Gasteiger partial charge in [0.1, 0.15) is 17.4 Å². The van der Waals surface area contributed by atoms with Gasteiger partial charge in [-0.1, -0.05) is 0 Å². The van der Waals surface area contributed by atoms with Crippen molar-refractivity contribution in [3.63, 3.8) is 0 Å². The molecule has 0 bridgehead atoms. The molecule has 0 spiro atoms. The van der Waals surface area contributed by atoms with Crippen molar-refractivity contribution < 1.29 is 18.3 Å². The number of aromatic nitrogens is 2. The Morgan fingerprint density at radius 1 is 1.16 bits per heavy atom. The number of aryl methyl sites for hydroxylation is 1. The average molecular weight is 441 g/mol. The number of ether oxygens (including phenoxy) is 1. The van der Waals surface area contributed by atoms with Crippen molar-refractivity contribution in [2.45, 2.75) is 12.8 Å². The molecule has 1 saturated heterocycles. The maximum atomic E-state index is 13.8. The third-order valence-electron chi connectivity index (χ3n) is 5.45. The molecule has 0 atom stereocenters. The van der Waals surface area contributed by atoms with E-state index in [1.54, 1.807) is 29.1 Å². The lowest BCUT2D eigenvalue weighted by Crippen LogP contribution is -2.30. The molecule has 32 heavy (non-hydrogen) atoms. The number of nitrogens with one attached hydrogen (secondary N) is 3. The van der Waals surface area contributed by atoms with Crippen LogP contribution < -0.4 is 20.7 Å². The lowest BCUT2D eigenvalue weighted by atomic mass is 9.99. The fourth-order valence-corrected chi connectivity index (χ4v) is 3.70. The number of halogens is 2. The summed E-state index contributed by atoms with van der Waals surface area (Å²) in [4.78, 5) is 12.4. The Bertz CT molecular complexity index is 1100. The molecule has 0 aliphatic carbocycles. The molecule has 3 N–H and O–H groups in total. The number of carbonyl (C=O) groups excluding carboxylic acids is 1. The van der Waals surface area contributed by atoms with Gasteiger partial charge in [0.05, 0.1) is 18.0 Å². The lowest BCUT2D eigenvalue weighted by Gasteiger charge is -2.23. The number of rotatable bonds is 6. The van der Waals surface area contributed by atoms with Crippen LogP contribution in [0.3, 0.4) is 0 Å². The second kappa shape index (κ2) is 9.78. The Balaban J connectivity index is 1.51. The number of amides is 2. The topological polar surface area (TPSA) is 80.2 Å². The number of nitrogens with zero attached hydrogens (tertiary/aromatic N) is 2. The molecule has 1 aliphatic rings. The van der Waals surface area contributed by atoms with Gasteiger partial charge in [0.25, 0.3) is 0 Å². The van der Waals surface area contributed by atoms with E-state index in [2.05, 4.69) is 21.0 Å². The van der Waals surface area contributed by atoms with Gasteiger partial charge in [0.15, 0.2) is 0 Å². The van der Waals surface area contributed by atoms with Crippen molar-refractivity contribution in [3.8, 4) is 17.0 Å². The molecular weight excluding hydrogens is 416 g/mol. The standard InChI is InChI=1S/C23H25F2N5O2/c1-30-21(8-11-27-30)18-13-17(3-5-22(18)32-14-15-6-9-26-10-7-15)28-23(31)29-20-4-2-16(24)12-19(20)25/h2-5,8,11-13,15,26H,6-7,9-10,14H2,1H3,(H2,28,29,31). The second-order valence-corrected chi connectivity index (χ2v) is 7.76. The van der Waals surface area contributed by atoms with Crippen LogP contribution in [0.4, 0.5) is 25.0 Å². The maximum absolute atomic E-state index is 13.8. The molecule has 4 rings (SSSR count). The third-order valence-corrected chi connectivity index (χ3v) is 5.45. The molecule has 7 nitrogen and oxygen atoms in total. The smallest absolute Gasteiger partial charge is 0.323 e. The van der Waals surface area contributed by atoms with E-state index in [0.717, 1.165) is 43.3 Å². The Kier molecular flexibility index (Phi) is 6.65. The van der Waals surface area contributed by atoms with E-state index >= 15 is 0 Å². The van der Waals surface area contributed by atoms with Crippen LogP contribution in [0.1, 0.15) is 12.8 Å². The summed E-state index contributed by atoms with van der Waals surface area (Å²) in [5.74, 6) is -0.376. The van der Waals surface area contributed by atoms with E-state index in [1.165, 1.54) is 6.07 Å². The number of benzene rings is 2. The molecule has 2 amide bonds. The van der Waals surface area contributed by atoms with Crippen molar-refractivity contribution in [1.82, 2.24) is 15.1 Å². The van der Waals surface area contributed by atoms with Gasteiger partial charge in [-0.3, -0.25) is 4.68 Å². The Morgan fingerprint density at radius 2 is 1.97 bits per heavy atom. The van der Waals surface area contributed by atoms with Crippen LogP contribution in [0.15, 0.2) is 48.7 Å². The van der Waals surface area contributed by atoms with Crippen LogP contribution in [-0.2, 0) is 7.05 Å². The number of piperidine rings is 1. The Labute approximate surface area is 184 Å². The Hall–Kier alpha value is -3.46. The van der Waals surface area contributed by atoms with Gasteiger partial charge in [0.2, 0.25) is 0 Å². The van der Waals surface area contributed by atoms with E-state index in [-0.39, 0.29) is 5.69 Å². The molecule has 1 aliphatic heterocycles. The SMILES string of the molecule is Cn1nccc1-c1cc(NC(=O)Nc2ccc(F)cc2F)ccc1OCC1CCNCC1. The summed E-state index contributed by atoms with van der Waals surface area (Å²) in [6.07, 6.45) is 3.83. The van der Waals surface area contributed by atoms with Crippen LogP contribution in [0.2, 0.25) is 0 Å². The molecule has 168 valence electrons. The van der Waals surface area contributed by atoms with Gasteiger partial charge >= 0.3 is 6.03 Å². The summed E-state index contributed by atoms with van der Waals surface area (Å²) in [6.45, 7) is 2.61. The van der Waals surface area contributed by atoms with Crippen molar-refractivity contribution >= 4 is 17.4 Å². The molecular formula is C23H25F2N5O2. The maximum Gasteiger partial charge on any atom is 0.323 e. The van der Waals surface area contributed by atoms with Crippen molar-refractivity contribution in [2.24, 2.45) is 13.0 Å². The zero-order valence-electron chi connectivity index (χ0n) is 17.7. The minimum Gasteiger partial charge on any atom is -0.493 e. The van der Waals surface area contributed by atoms with Crippen molar-refractivity contribution in [3.05, 3.63) is 60.3 Å². The van der Waals surface area contributed by atoms with Gasteiger partial charge in [0, 0.05) is 30.6 Å². The summed E-state index contributed by atoms with van der Waals surface area (Å²) >= 11 is 0. The highest BCUT2D eigenvalue weighted by Gasteiger charge is 2.17. The van der Waals surface area contributed by atoms with Crippen molar-refractivity contribution in [1.29, 1.82) is 0 Å². The first kappa shape index (κ1) is 21.8. The first-order chi connectivity index (χ1) is 15.5. The molecule has 3 aromatic rings. The minimum absolute atomic E-state index is 0.113. The monoisotopic (exact) mass is 441 g/mol. The zero-order chi connectivity index (χ0) is 22.5. The highest BCUT2D eigenvalue weighted by molar-refractivity contribution is 6.00. The third kappa shape index (κ3) is 5.23. The fraction of sp³-hybridized carbons (Fsp3) is 0.304. The summed E-state index contributed by atoms with van der Waals surface area (Å²) in [7, 11) is 1.83. The first-order valence-electron chi connectivity index (χ1n) is 10.5. The highest BCUT2D eigenvalue weighted by atomic mass is 19.1. The number of hydrogen-bond acceptors (Lipinski definition) is 4. The molecule has 1 aromatic heterocycles. The van der Waals surface area contributed by atoms with E-state index in [1.807, 2.05) is 13.1 Å². The number of carbonyl (C=O) groups is 1. The predicted octanol–water partition coefficient (Wildman–Crippen LogP) is 4.39. The predicted molar refractivity (Wildman–Crippen MR) is 119 cm³/mol. The zero-order valence-corrected chi connectivity index (χ0v) is 17.7. The summed E-state index contributed by atoms with van der Waals surface area (Å²) < 4.78 is 34.8. The number of anilines is 2. The summed E-state index contributed by atoms with van der Waals surface area (Å²) in [5.41, 5.74) is 2.00. The van der Waals surface area contributed by atoms with Crippen molar-refractivity contribution in [2.75, 3.05) is 30.3 Å². The van der Waals surface area contributed by atoms with Gasteiger partial charge in [-0.25, -0.2) is 13.6 Å². The quantitative estimate of drug-likeness (QED) is 0.530.